The van der Waals surface area contributed by atoms with Gasteiger partial charge in [0.05, 0.1) is 0 Å². The van der Waals surface area contributed by atoms with Crippen LogP contribution in [0.3, 0.4) is 0 Å². The minimum absolute atomic E-state index is 0.0403. The summed E-state index contributed by atoms with van der Waals surface area (Å²) in [6.45, 7) is 3.60. The van der Waals surface area contributed by atoms with E-state index in [1.807, 2.05) is 0 Å². The van der Waals surface area contributed by atoms with Crippen molar-refractivity contribution in [2.24, 2.45) is 0 Å². The van der Waals surface area contributed by atoms with Crippen molar-refractivity contribution in [2.75, 3.05) is 0 Å². The smallest absolute Gasteiger partial charge is 0.236 e. The van der Waals surface area contributed by atoms with Crippen LogP contribution < -0.4 is 0 Å². The lowest BCUT2D eigenvalue weighted by Gasteiger charge is -2.14. The summed E-state index contributed by atoms with van der Waals surface area (Å²) in [5, 5.41) is 10.0. The molecule has 5 nitrogen and oxygen atoms in total. The van der Waals surface area contributed by atoms with Crippen molar-refractivity contribution in [1.82, 2.24) is 25.2 Å². The molecule has 18 heavy (non-hydrogen) atoms. The number of aromatic nitrogens is 5. The van der Waals surface area contributed by atoms with Crippen LogP contribution in [0, 0.1) is 0 Å². The minimum Gasteiger partial charge on any atom is -0.236 e. The average Bonchev–Trinajstić information content (AvgIpc) is 2.80. The number of tetrazole rings is 1. The molecule has 2 aromatic heterocycles. The Bertz CT molecular complexity index is 533. The van der Waals surface area contributed by atoms with E-state index in [9.17, 15) is 13.2 Å². The van der Waals surface area contributed by atoms with Crippen LogP contribution in [0.2, 0.25) is 0 Å². The molecule has 0 fully saturated rings. The first-order valence-corrected chi connectivity index (χ1v) is 5.20. The zero-order valence-corrected chi connectivity index (χ0v) is 9.68. The van der Waals surface area contributed by atoms with Crippen molar-refractivity contribution in [3.8, 4) is 5.82 Å². The molecule has 0 atom stereocenters. The van der Waals surface area contributed by atoms with Crippen LogP contribution in [0.1, 0.15) is 30.9 Å². The van der Waals surface area contributed by atoms with Gasteiger partial charge >= 0.3 is 6.18 Å². The SMILES string of the molecule is CC(C)c1cnc(-n2cnnn2)c(C(F)(F)F)c1. The van der Waals surface area contributed by atoms with Crippen molar-refractivity contribution in [1.29, 1.82) is 0 Å². The molecule has 8 heteroatoms. The number of rotatable bonds is 2. The Balaban J connectivity index is 2.60. The third-order valence-corrected chi connectivity index (χ3v) is 2.43. The topological polar surface area (TPSA) is 56.5 Å². The van der Waals surface area contributed by atoms with Crippen LogP contribution in [0.15, 0.2) is 18.6 Å². The lowest BCUT2D eigenvalue weighted by atomic mass is 10.0. The van der Waals surface area contributed by atoms with Gasteiger partial charge in [-0.15, -0.1) is 5.10 Å². The van der Waals surface area contributed by atoms with E-state index < -0.39 is 11.7 Å². The standard InChI is InChI=1S/C10H10F3N5/c1-6(2)7-3-8(10(11,12)13)9(14-4-7)18-5-15-16-17-18/h3-6H,1-2H3. The van der Waals surface area contributed by atoms with Gasteiger partial charge in [-0.3, -0.25) is 0 Å². The highest BCUT2D eigenvalue weighted by Gasteiger charge is 2.35. The number of pyridine rings is 1. The molecule has 0 aliphatic carbocycles. The van der Waals surface area contributed by atoms with E-state index in [2.05, 4.69) is 20.5 Å². The molecule has 0 amide bonds. The molecular formula is C10H10F3N5. The van der Waals surface area contributed by atoms with Gasteiger partial charge in [-0.05, 0) is 28.0 Å². The van der Waals surface area contributed by atoms with Gasteiger partial charge in [-0.25, -0.2) is 4.98 Å². The van der Waals surface area contributed by atoms with Crippen LogP contribution >= 0.6 is 0 Å². The maximum atomic E-state index is 13.0. The monoisotopic (exact) mass is 257 g/mol. The number of hydrogen-bond acceptors (Lipinski definition) is 4. The minimum atomic E-state index is -4.50. The van der Waals surface area contributed by atoms with Gasteiger partial charge in [-0.1, -0.05) is 13.8 Å². The maximum absolute atomic E-state index is 13.0. The lowest BCUT2D eigenvalue weighted by molar-refractivity contribution is -0.137. The predicted octanol–water partition coefficient (Wildman–Crippen LogP) is 2.20. The summed E-state index contributed by atoms with van der Waals surface area (Å²) < 4.78 is 39.8. The number of alkyl halides is 3. The highest BCUT2D eigenvalue weighted by molar-refractivity contribution is 5.38. The van der Waals surface area contributed by atoms with Crippen molar-refractivity contribution < 1.29 is 13.2 Å². The van der Waals surface area contributed by atoms with Gasteiger partial charge in [0.1, 0.15) is 11.9 Å². The summed E-state index contributed by atoms with van der Waals surface area (Å²) in [5.74, 6) is -0.363. The normalized spacial score (nSPS) is 12.1. The zero-order valence-electron chi connectivity index (χ0n) is 9.68. The highest BCUT2D eigenvalue weighted by Crippen LogP contribution is 2.34. The van der Waals surface area contributed by atoms with Gasteiger partial charge in [-0.2, -0.15) is 17.9 Å². The molecular weight excluding hydrogens is 247 g/mol. The van der Waals surface area contributed by atoms with E-state index in [1.165, 1.54) is 6.20 Å². The summed E-state index contributed by atoms with van der Waals surface area (Å²) in [7, 11) is 0. The first kappa shape index (κ1) is 12.5. The van der Waals surface area contributed by atoms with Crippen LogP contribution in [0.5, 0.6) is 0 Å². The molecule has 0 spiro atoms. The van der Waals surface area contributed by atoms with Crippen LogP contribution in [-0.4, -0.2) is 25.2 Å². The third kappa shape index (κ3) is 2.31. The molecule has 96 valence electrons. The van der Waals surface area contributed by atoms with E-state index in [4.69, 9.17) is 0 Å². The lowest BCUT2D eigenvalue weighted by Crippen LogP contribution is -2.14. The third-order valence-electron chi connectivity index (χ3n) is 2.43. The van der Waals surface area contributed by atoms with E-state index in [0.717, 1.165) is 17.1 Å². The van der Waals surface area contributed by atoms with E-state index in [1.54, 1.807) is 13.8 Å². The summed E-state index contributed by atoms with van der Waals surface area (Å²) in [4.78, 5) is 3.81. The fraction of sp³-hybridized carbons (Fsp3) is 0.400. The molecule has 0 saturated carbocycles. The van der Waals surface area contributed by atoms with Gasteiger partial charge in [0.2, 0.25) is 0 Å². The second-order valence-electron chi connectivity index (χ2n) is 4.05. The van der Waals surface area contributed by atoms with Gasteiger partial charge < -0.3 is 0 Å². The molecule has 2 rings (SSSR count). The Morgan fingerprint density at radius 1 is 1.28 bits per heavy atom. The second-order valence-corrected chi connectivity index (χ2v) is 4.05. The maximum Gasteiger partial charge on any atom is 0.420 e. The van der Waals surface area contributed by atoms with Crippen molar-refractivity contribution in [3.05, 3.63) is 29.7 Å². The fourth-order valence-electron chi connectivity index (χ4n) is 1.44. The first-order chi connectivity index (χ1) is 8.39. The number of nitrogens with zero attached hydrogens (tertiary/aromatic N) is 5. The Kier molecular flexibility index (Phi) is 3.02. The molecule has 0 aliphatic rings. The molecule has 2 heterocycles. The summed E-state index contributed by atoms with van der Waals surface area (Å²) in [6.07, 6.45) is -2.03. The number of hydrogen-bond donors (Lipinski definition) is 0. The summed E-state index contributed by atoms with van der Waals surface area (Å²) in [5.41, 5.74) is -0.333. The van der Waals surface area contributed by atoms with Crippen LogP contribution in [-0.2, 0) is 6.18 Å². The summed E-state index contributed by atoms with van der Waals surface area (Å²) >= 11 is 0. The van der Waals surface area contributed by atoms with E-state index in [0.29, 0.717) is 5.56 Å². The largest absolute Gasteiger partial charge is 0.420 e. The quantitative estimate of drug-likeness (QED) is 0.827. The average molecular weight is 257 g/mol. The van der Waals surface area contributed by atoms with Crippen LogP contribution in [0.25, 0.3) is 5.82 Å². The first-order valence-electron chi connectivity index (χ1n) is 5.20. The van der Waals surface area contributed by atoms with E-state index in [-0.39, 0.29) is 11.7 Å². The van der Waals surface area contributed by atoms with Crippen molar-refractivity contribution in [2.45, 2.75) is 25.9 Å². The van der Waals surface area contributed by atoms with Crippen molar-refractivity contribution in [3.63, 3.8) is 0 Å². The molecule has 2 aromatic rings. The molecule has 0 bridgehead atoms. The zero-order chi connectivity index (χ0) is 13.3. The molecule has 0 radical (unpaired) electrons. The molecule has 0 saturated heterocycles. The predicted molar refractivity (Wildman–Crippen MR) is 56.0 cm³/mol. The Hall–Kier alpha value is -1.99. The Morgan fingerprint density at radius 3 is 2.50 bits per heavy atom. The molecule has 0 aromatic carbocycles. The van der Waals surface area contributed by atoms with Gasteiger partial charge in [0, 0.05) is 6.20 Å². The summed E-state index contributed by atoms with van der Waals surface area (Å²) in [6, 6.07) is 1.08. The Labute approximate surface area is 101 Å². The van der Waals surface area contributed by atoms with Crippen molar-refractivity contribution >= 4 is 0 Å². The number of halogens is 3. The molecule has 0 N–H and O–H groups in total. The Morgan fingerprint density at radius 2 is 2.00 bits per heavy atom. The molecule has 0 unspecified atom stereocenters. The van der Waals surface area contributed by atoms with Gasteiger partial charge in [0.25, 0.3) is 0 Å². The fourth-order valence-corrected chi connectivity index (χ4v) is 1.44. The second kappa shape index (κ2) is 4.35. The van der Waals surface area contributed by atoms with Gasteiger partial charge in [0.15, 0.2) is 5.82 Å². The van der Waals surface area contributed by atoms with Crippen LogP contribution in [0.4, 0.5) is 13.2 Å². The highest BCUT2D eigenvalue weighted by atomic mass is 19.4. The van der Waals surface area contributed by atoms with E-state index >= 15 is 0 Å². The molecule has 0 aliphatic heterocycles.